The third-order valence-corrected chi connectivity index (χ3v) is 3.13. The number of rotatable bonds is 4. The molecule has 0 aliphatic rings. The highest BCUT2D eigenvalue weighted by Crippen LogP contribution is 2.25. The van der Waals surface area contributed by atoms with Crippen LogP contribution in [0.4, 0.5) is 0 Å². The van der Waals surface area contributed by atoms with Crippen LogP contribution in [0.25, 0.3) is 0 Å². The van der Waals surface area contributed by atoms with E-state index in [1.165, 1.54) is 5.56 Å². The molecule has 0 aliphatic carbocycles. The van der Waals surface area contributed by atoms with Crippen LogP contribution in [0.3, 0.4) is 0 Å². The topological polar surface area (TPSA) is 32.3 Å². The monoisotopic (exact) mass is 241 g/mol. The number of hydrogen-bond donors (Lipinski definition) is 2. The average Bonchev–Trinajstić information content (AvgIpc) is 2.39. The molecule has 0 aromatic heterocycles. The lowest BCUT2D eigenvalue weighted by Gasteiger charge is -2.15. The van der Waals surface area contributed by atoms with Crippen molar-refractivity contribution in [3.8, 4) is 0 Å². The number of aryl methyl sites for hydroxylation is 1. The minimum Gasteiger partial charge on any atom is -0.384 e. The van der Waals surface area contributed by atoms with Crippen molar-refractivity contribution in [3.05, 3.63) is 70.8 Å². The lowest BCUT2D eigenvalue weighted by atomic mass is 9.96. The number of aliphatic hydroxyl groups is 1. The molecule has 1 atom stereocenters. The van der Waals surface area contributed by atoms with Crippen molar-refractivity contribution in [1.82, 2.24) is 5.32 Å². The zero-order chi connectivity index (χ0) is 13.0. The highest BCUT2D eigenvalue weighted by Gasteiger charge is 2.12. The zero-order valence-corrected chi connectivity index (χ0v) is 10.9. The van der Waals surface area contributed by atoms with Gasteiger partial charge in [0.05, 0.1) is 0 Å². The largest absolute Gasteiger partial charge is 0.384 e. The summed E-state index contributed by atoms with van der Waals surface area (Å²) in [6.07, 6.45) is -0.553. The highest BCUT2D eigenvalue weighted by atomic mass is 16.3. The molecule has 2 rings (SSSR count). The van der Waals surface area contributed by atoms with E-state index in [4.69, 9.17) is 0 Å². The van der Waals surface area contributed by atoms with Crippen LogP contribution in [-0.4, -0.2) is 12.2 Å². The normalized spacial score (nSPS) is 12.4. The highest BCUT2D eigenvalue weighted by molar-refractivity contribution is 5.36. The third-order valence-electron chi connectivity index (χ3n) is 3.13. The van der Waals surface area contributed by atoms with E-state index in [0.717, 1.165) is 23.2 Å². The predicted octanol–water partition coefficient (Wildman–Crippen LogP) is 2.80. The van der Waals surface area contributed by atoms with Crippen LogP contribution >= 0.6 is 0 Å². The summed E-state index contributed by atoms with van der Waals surface area (Å²) in [5.41, 5.74) is 4.21. The van der Waals surface area contributed by atoms with Gasteiger partial charge in [-0.25, -0.2) is 0 Å². The van der Waals surface area contributed by atoms with E-state index in [9.17, 15) is 5.11 Å². The van der Waals surface area contributed by atoms with E-state index >= 15 is 0 Å². The van der Waals surface area contributed by atoms with Crippen LogP contribution in [0.5, 0.6) is 0 Å². The van der Waals surface area contributed by atoms with Gasteiger partial charge in [-0.15, -0.1) is 0 Å². The number of nitrogens with one attached hydrogen (secondary N) is 1. The van der Waals surface area contributed by atoms with Gasteiger partial charge in [-0.05, 0) is 36.2 Å². The Labute approximate surface area is 108 Å². The summed E-state index contributed by atoms with van der Waals surface area (Å²) in [6, 6.07) is 16.0. The van der Waals surface area contributed by atoms with E-state index in [2.05, 4.69) is 11.4 Å². The van der Waals surface area contributed by atoms with Gasteiger partial charge < -0.3 is 10.4 Å². The Morgan fingerprint density at radius 2 is 1.89 bits per heavy atom. The smallest absolute Gasteiger partial charge is 0.104 e. The number of hydrogen-bond acceptors (Lipinski definition) is 2. The molecule has 0 heterocycles. The summed E-state index contributed by atoms with van der Waals surface area (Å²) in [7, 11) is 1.92. The summed E-state index contributed by atoms with van der Waals surface area (Å²) >= 11 is 0. The minimum atomic E-state index is -0.553. The van der Waals surface area contributed by atoms with Gasteiger partial charge in [0.25, 0.3) is 0 Å². The maximum absolute atomic E-state index is 10.4. The second-order valence-corrected chi connectivity index (χ2v) is 4.53. The van der Waals surface area contributed by atoms with Gasteiger partial charge in [0.15, 0.2) is 0 Å². The second-order valence-electron chi connectivity index (χ2n) is 4.53. The lowest BCUT2D eigenvalue weighted by molar-refractivity contribution is 0.219. The molecule has 0 saturated heterocycles. The fourth-order valence-electron chi connectivity index (χ4n) is 2.15. The molecule has 0 amide bonds. The van der Waals surface area contributed by atoms with Crippen molar-refractivity contribution in [2.45, 2.75) is 19.6 Å². The minimum absolute atomic E-state index is 0.553. The van der Waals surface area contributed by atoms with Gasteiger partial charge in [0, 0.05) is 6.54 Å². The molecular weight excluding hydrogens is 222 g/mol. The summed E-state index contributed by atoms with van der Waals surface area (Å²) in [4.78, 5) is 0. The van der Waals surface area contributed by atoms with Crippen LogP contribution in [0.2, 0.25) is 0 Å². The Kier molecular flexibility index (Phi) is 4.13. The van der Waals surface area contributed by atoms with Crippen LogP contribution < -0.4 is 5.32 Å². The van der Waals surface area contributed by atoms with Crippen molar-refractivity contribution >= 4 is 0 Å². The molecular formula is C16H19NO. The molecule has 2 aromatic carbocycles. The van der Waals surface area contributed by atoms with Crippen LogP contribution in [0.15, 0.2) is 48.5 Å². The summed E-state index contributed by atoms with van der Waals surface area (Å²) < 4.78 is 0. The quantitative estimate of drug-likeness (QED) is 0.862. The van der Waals surface area contributed by atoms with Crippen LogP contribution in [0, 0.1) is 6.92 Å². The van der Waals surface area contributed by atoms with E-state index < -0.39 is 6.10 Å². The van der Waals surface area contributed by atoms with Gasteiger partial charge in [0.2, 0.25) is 0 Å². The summed E-state index contributed by atoms with van der Waals surface area (Å²) in [5, 5.41) is 13.6. The molecule has 0 aliphatic heterocycles. The Morgan fingerprint density at radius 1 is 1.11 bits per heavy atom. The van der Waals surface area contributed by atoms with E-state index in [1.54, 1.807) is 0 Å². The van der Waals surface area contributed by atoms with Crippen LogP contribution in [0.1, 0.15) is 28.4 Å². The molecule has 0 spiro atoms. The maximum Gasteiger partial charge on any atom is 0.104 e. The van der Waals surface area contributed by atoms with Gasteiger partial charge in [-0.1, -0.05) is 48.5 Å². The number of benzene rings is 2. The first-order valence-corrected chi connectivity index (χ1v) is 6.19. The van der Waals surface area contributed by atoms with Crippen molar-refractivity contribution in [3.63, 3.8) is 0 Å². The van der Waals surface area contributed by atoms with Gasteiger partial charge in [-0.3, -0.25) is 0 Å². The second kappa shape index (κ2) is 5.80. The number of aliphatic hydroxyl groups excluding tert-OH is 1. The zero-order valence-electron chi connectivity index (χ0n) is 10.9. The SMILES string of the molecule is CNCc1cccc(C(O)c2ccccc2C)c1. The maximum atomic E-state index is 10.4. The summed E-state index contributed by atoms with van der Waals surface area (Å²) in [5.74, 6) is 0. The Balaban J connectivity index is 2.31. The lowest BCUT2D eigenvalue weighted by Crippen LogP contribution is -2.07. The standard InChI is InChI=1S/C16H19NO/c1-12-6-3-4-9-15(12)16(18)14-8-5-7-13(10-14)11-17-2/h3-10,16-18H,11H2,1-2H3. The molecule has 0 bridgehead atoms. The van der Waals surface area contributed by atoms with Crippen molar-refractivity contribution in [1.29, 1.82) is 0 Å². The molecule has 94 valence electrons. The van der Waals surface area contributed by atoms with Gasteiger partial charge >= 0.3 is 0 Å². The summed E-state index contributed by atoms with van der Waals surface area (Å²) in [6.45, 7) is 2.84. The van der Waals surface area contributed by atoms with Crippen LogP contribution in [-0.2, 0) is 6.54 Å². The Hall–Kier alpha value is -1.64. The molecule has 2 N–H and O–H groups in total. The van der Waals surface area contributed by atoms with E-state index in [0.29, 0.717) is 0 Å². The van der Waals surface area contributed by atoms with Crippen molar-refractivity contribution in [2.24, 2.45) is 0 Å². The molecule has 1 unspecified atom stereocenters. The molecule has 2 aromatic rings. The first kappa shape index (κ1) is 12.8. The first-order chi connectivity index (χ1) is 8.72. The molecule has 2 nitrogen and oxygen atoms in total. The average molecular weight is 241 g/mol. The fourth-order valence-corrected chi connectivity index (χ4v) is 2.15. The predicted molar refractivity (Wildman–Crippen MR) is 74.4 cm³/mol. The van der Waals surface area contributed by atoms with Crippen molar-refractivity contribution in [2.75, 3.05) is 7.05 Å². The van der Waals surface area contributed by atoms with Gasteiger partial charge in [-0.2, -0.15) is 0 Å². The third kappa shape index (κ3) is 2.78. The molecule has 0 fully saturated rings. The Morgan fingerprint density at radius 3 is 2.61 bits per heavy atom. The fraction of sp³-hybridized carbons (Fsp3) is 0.250. The Bertz CT molecular complexity index is 522. The van der Waals surface area contributed by atoms with E-state index in [-0.39, 0.29) is 0 Å². The van der Waals surface area contributed by atoms with E-state index in [1.807, 2.05) is 56.4 Å². The molecule has 18 heavy (non-hydrogen) atoms. The molecule has 0 radical (unpaired) electrons. The van der Waals surface area contributed by atoms with Crippen molar-refractivity contribution < 1.29 is 5.11 Å². The first-order valence-electron chi connectivity index (χ1n) is 6.19. The molecule has 2 heteroatoms. The van der Waals surface area contributed by atoms with Gasteiger partial charge in [0.1, 0.15) is 6.10 Å². The molecule has 0 saturated carbocycles.